The summed E-state index contributed by atoms with van der Waals surface area (Å²) in [7, 11) is -2.02. The number of aliphatic hydroxyl groups excluding tert-OH is 1. The van der Waals surface area contributed by atoms with E-state index in [0.29, 0.717) is 4.47 Å². The van der Waals surface area contributed by atoms with Gasteiger partial charge in [-0.25, -0.2) is 17.7 Å². The molecule has 10 heteroatoms. The van der Waals surface area contributed by atoms with Crippen molar-refractivity contribution in [1.82, 2.24) is 4.72 Å². The van der Waals surface area contributed by atoms with Gasteiger partial charge in [-0.15, -0.1) is 0 Å². The van der Waals surface area contributed by atoms with Gasteiger partial charge in [0.05, 0.1) is 21.3 Å². The lowest BCUT2D eigenvalue weighted by Gasteiger charge is -2.36. The Morgan fingerprint density at radius 2 is 1.84 bits per heavy atom. The molecule has 0 heterocycles. The summed E-state index contributed by atoms with van der Waals surface area (Å²) in [6.07, 6.45) is -9.19. The van der Waals surface area contributed by atoms with Crippen LogP contribution in [-0.2, 0) is 16.5 Å². The van der Waals surface area contributed by atoms with Gasteiger partial charge in [-0.1, -0.05) is 15.9 Å². The van der Waals surface area contributed by atoms with E-state index in [4.69, 9.17) is 0 Å². The molecule has 0 spiro atoms. The molecule has 1 unspecified atom stereocenters. The summed E-state index contributed by atoms with van der Waals surface area (Å²) in [5.74, 6) is -0.978. The average Bonchev–Trinajstić information content (AvgIpc) is 2.46. The summed E-state index contributed by atoms with van der Waals surface area (Å²) in [5.41, 5.74) is -2.77. The number of nitrogens with one attached hydrogen (secondary N) is 1. The molecule has 0 radical (unpaired) electrons. The van der Waals surface area contributed by atoms with Crippen molar-refractivity contribution in [1.29, 1.82) is 0 Å². The van der Waals surface area contributed by atoms with Crippen LogP contribution < -0.4 is 4.72 Å². The van der Waals surface area contributed by atoms with E-state index < -0.39 is 58.0 Å². The van der Waals surface area contributed by atoms with Crippen molar-refractivity contribution < 1.29 is 31.3 Å². The molecule has 0 aromatic heterocycles. The van der Waals surface area contributed by atoms with Crippen LogP contribution in [0, 0.1) is 5.82 Å². The number of rotatable bonds is 6. The molecule has 0 aliphatic heterocycles. The van der Waals surface area contributed by atoms with Gasteiger partial charge >= 0.3 is 6.18 Å². The molecule has 144 valence electrons. The van der Waals surface area contributed by atoms with E-state index in [1.807, 2.05) is 0 Å². The minimum atomic E-state index is -5.03. The lowest BCUT2D eigenvalue weighted by atomic mass is 9.86. The van der Waals surface area contributed by atoms with Gasteiger partial charge < -0.3 is 5.11 Å². The second-order valence-electron chi connectivity index (χ2n) is 6.58. The van der Waals surface area contributed by atoms with Gasteiger partial charge in [0.25, 0.3) is 0 Å². The highest BCUT2D eigenvalue weighted by molar-refractivity contribution is 9.10. The van der Waals surface area contributed by atoms with Crippen LogP contribution in [0.2, 0.25) is 0 Å². The number of halogens is 6. The smallest absolute Gasteiger partial charge is 0.384 e. The number of benzene rings is 1. The zero-order valence-electron chi connectivity index (χ0n) is 13.8. The Bertz CT molecular complexity index is 635. The Hall–Kier alpha value is -0.580. The zero-order valence-corrected chi connectivity index (χ0v) is 16.2. The summed E-state index contributed by atoms with van der Waals surface area (Å²) in [5, 5.41) is 9.42. The summed E-state index contributed by atoms with van der Waals surface area (Å²) in [6.45, 7) is 3.07. The van der Waals surface area contributed by atoms with Crippen molar-refractivity contribution in [2.45, 2.75) is 49.8 Å². The fraction of sp³-hybridized carbons (Fsp3) is 0.600. The van der Waals surface area contributed by atoms with Crippen LogP contribution in [0.5, 0.6) is 0 Å². The van der Waals surface area contributed by atoms with Crippen LogP contribution in [0.1, 0.15) is 32.8 Å². The van der Waals surface area contributed by atoms with E-state index in [2.05, 4.69) is 20.7 Å². The van der Waals surface area contributed by atoms with Crippen LogP contribution in [0.3, 0.4) is 0 Å². The summed E-state index contributed by atoms with van der Waals surface area (Å²) in [4.78, 5) is 0. The Kier molecular flexibility index (Phi) is 7.17. The fourth-order valence-electron chi connectivity index (χ4n) is 2.00. The van der Waals surface area contributed by atoms with Crippen LogP contribution >= 0.6 is 15.9 Å². The van der Waals surface area contributed by atoms with Crippen molar-refractivity contribution in [3.63, 3.8) is 0 Å². The Balaban J connectivity index is 3.47. The first-order valence-corrected chi connectivity index (χ1v) is 9.13. The van der Waals surface area contributed by atoms with Gasteiger partial charge in [-0.2, -0.15) is 13.2 Å². The quantitative estimate of drug-likeness (QED) is 0.639. The highest BCUT2D eigenvalue weighted by Crippen LogP contribution is 2.36. The van der Waals surface area contributed by atoms with Crippen molar-refractivity contribution in [3.05, 3.63) is 34.1 Å². The normalized spacial score (nSPS) is 17.8. The third-order valence-corrected chi connectivity index (χ3v) is 5.62. The molecule has 0 saturated heterocycles. The maximum Gasteiger partial charge on any atom is 0.414 e. The van der Waals surface area contributed by atoms with Gasteiger partial charge in [0.1, 0.15) is 12.5 Å². The lowest BCUT2D eigenvalue weighted by Crippen LogP contribution is -2.53. The van der Waals surface area contributed by atoms with E-state index in [0.717, 1.165) is 12.1 Å². The average molecular weight is 452 g/mol. The SMILES string of the molecule is CC(C)(C)S(=O)N[C@@](CF)(C[C@@H](O)C(F)(F)F)c1cc(Br)ccc1F. The van der Waals surface area contributed by atoms with Gasteiger partial charge in [-0.05, 0) is 39.0 Å². The minimum Gasteiger partial charge on any atom is -0.384 e. The second kappa shape index (κ2) is 7.98. The van der Waals surface area contributed by atoms with Gasteiger partial charge in [0.2, 0.25) is 0 Å². The molecular formula is C15H19BrF5NO2S. The first-order valence-electron chi connectivity index (χ1n) is 7.19. The molecule has 0 saturated carbocycles. The molecule has 0 aliphatic rings. The van der Waals surface area contributed by atoms with Crippen LogP contribution in [0.25, 0.3) is 0 Å². The molecule has 25 heavy (non-hydrogen) atoms. The third kappa shape index (κ3) is 5.70. The Labute approximate surface area is 153 Å². The van der Waals surface area contributed by atoms with Gasteiger partial charge in [-0.3, -0.25) is 0 Å². The van der Waals surface area contributed by atoms with Crippen molar-refractivity contribution in [2.24, 2.45) is 0 Å². The van der Waals surface area contributed by atoms with Gasteiger partial charge in [0, 0.05) is 16.5 Å². The maximum atomic E-state index is 14.3. The predicted octanol–water partition coefficient (Wildman–Crippen LogP) is 4.12. The predicted molar refractivity (Wildman–Crippen MR) is 89.5 cm³/mol. The van der Waals surface area contributed by atoms with E-state index in [9.17, 15) is 31.3 Å². The molecular weight excluding hydrogens is 433 g/mol. The molecule has 0 aliphatic carbocycles. The molecule has 1 aromatic rings. The maximum absolute atomic E-state index is 14.3. The van der Waals surface area contributed by atoms with E-state index >= 15 is 0 Å². The van der Waals surface area contributed by atoms with Crippen molar-refractivity contribution in [3.8, 4) is 0 Å². The van der Waals surface area contributed by atoms with Crippen molar-refractivity contribution >= 4 is 26.9 Å². The number of alkyl halides is 4. The van der Waals surface area contributed by atoms with Gasteiger partial charge in [0.15, 0.2) is 6.10 Å². The fourth-order valence-corrected chi connectivity index (χ4v) is 3.27. The number of aliphatic hydroxyl groups is 1. The van der Waals surface area contributed by atoms with E-state index in [1.165, 1.54) is 26.8 Å². The monoisotopic (exact) mass is 451 g/mol. The molecule has 3 nitrogen and oxygen atoms in total. The molecule has 2 N–H and O–H groups in total. The van der Waals surface area contributed by atoms with E-state index in [1.54, 1.807) is 0 Å². The second-order valence-corrected chi connectivity index (χ2v) is 9.47. The molecule has 0 fully saturated rings. The van der Waals surface area contributed by atoms with Crippen LogP contribution in [-0.4, -0.2) is 33.0 Å². The topological polar surface area (TPSA) is 49.3 Å². The first kappa shape index (κ1) is 22.5. The zero-order chi connectivity index (χ0) is 19.6. The summed E-state index contributed by atoms with van der Waals surface area (Å²) in [6, 6.07) is 3.35. The standard InChI is InChI=1S/C15H19BrF5NO2S/c1-13(2,3)25(24)22-14(8-17,7-12(23)15(19,20)21)10-6-9(16)4-5-11(10)18/h4-6,12,22-23H,7-8H2,1-3H3/t12-,14-,25?/m1/s1. The summed E-state index contributed by atoms with van der Waals surface area (Å²) < 4.78 is 80.6. The van der Waals surface area contributed by atoms with Crippen LogP contribution in [0.15, 0.2) is 22.7 Å². The minimum absolute atomic E-state index is 0.298. The van der Waals surface area contributed by atoms with Crippen LogP contribution in [0.4, 0.5) is 22.0 Å². The third-order valence-electron chi connectivity index (χ3n) is 3.44. The molecule has 1 aromatic carbocycles. The Morgan fingerprint density at radius 3 is 2.28 bits per heavy atom. The van der Waals surface area contributed by atoms with Crippen molar-refractivity contribution in [2.75, 3.05) is 6.67 Å². The Morgan fingerprint density at radius 1 is 1.28 bits per heavy atom. The molecule has 0 amide bonds. The first-order chi connectivity index (χ1) is 11.2. The highest BCUT2D eigenvalue weighted by Gasteiger charge is 2.48. The molecule has 1 rings (SSSR count). The van der Waals surface area contributed by atoms with E-state index in [-0.39, 0.29) is 0 Å². The largest absolute Gasteiger partial charge is 0.414 e. The number of hydrogen-bond donors (Lipinski definition) is 2. The summed E-state index contributed by atoms with van der Waals surface area (Å²) >= 11 is 3.05. The molecule has 0 bridgehead atoms. The molecule has 3 atom stereocenters. The lowest BCUT2D eigenvalue weighted by molar-refractivity contribution is -0.210. The highest BCUT2D eigenvalue weighted by atomic mass is 79.9. The number of hydrogen-bond acceptors (Lipinski definition) is 2.